The van der Waals surface area contributed by atoms with Gasteiger partial charge in [-0.05, 0) is 43.4 Å². The van der Waals surface area contributed by atoms with Gasteiger partial charge in [-0.25, -0.2) is 0 Å². The fourth-order valence-electron chi connectivity index (χ4n) is 2.90. The van der Waals surface area contributed by atoms with E-state index < -0.39 is 0 Å². The molecule has 1 fully saturated rings. The Labute approximate surface area is 97.0 Å². The van der Waals surface area contributed by atoms with Crippen LogP contribution in [0.5, 0.6) is 0 Å². The summed E-state index contributed by atoms with van der Waals surface area (Å²) in [6.45, 7) is 2.05. The molecule has 0 spiro atoms. The van der Waals surface area contributed by atoms with Gasteiger partial charge in [-0.2, -0.15) is 0 Å². The maximum Gasteiger partial charge on any atom is 0.0980 e. The normalized spacial score (nSPS) is 29.8. The second-order valence-corrected chi connectivity index (χ2v) is 4.80. The van der Waals surface area contributed by atoms with E-state index in [1.54, 1.807) is 0 Å². The van der Waals surface area contributed by atoms with Crippen molar-refractivity contribution in [3.63, 3.8) is 0 Å². The average molecular weight is 217 g/mol. The standard InChI is InChI=1S/C14H19NO/c1-2-7-12-11(5-1)6-4-10-16-14(12)13-8-3-9-15-13/h1-2,5,7,13-15H,3-4,6,8-10H2/t13-,14+/m1/s1. The van der Waals surface area contributed by atoms with E-state index in [1.807, 2.05) is 0 Å². The third-order valence-corrected chi connectivity index (χ3v) is 3.71. The molecule has 2 aliphatic heterocycles. The fraction of sp³-hybridized carbons (Fsp3) is 0.571. The van der Waals surface area contributed by atoms with Gasteiger partial charge >= 0.3 is 0 Å². The summed E-state index contributed by atoms with van der Waals surface area (Å²) < 4.78 is 6.05. The molecule has 0 aliphatic carbocycles. The summed E-state index contributed by atoms with van der Waals surface area (Å²) in [6.07, 6.45) is 5.13. The van der Waals surface area contributed by atoms with E-state index >= 15 is 0 Å². The summed E-state index contributed by atoms with van der Waals surface area (Å²) in [4.78, 5) is 0. The van der Waals surface area contributed by atoms with E-state index in [9.17, 15) is 0 Å². The molecule has 1 aromatic carbocycles. The van der Waals surface area contributed by atoms with Crippen LogP contribution in [0.1, 0.15) is 36.5 Å². The number of rotatable bonds is 1. The largest absolute Gasteiger partial charge is 0.372 e. The lowest BCUT2D eigenvalue weighted by molar-refractivity contribution is 0.0333. The van der Waals surface area contributed by atoms with Crippen LogP contribution in [0.2, 0.25) is 0 Å². The molecule has 1 aromatic rings. The van der Waals surface area contributed by atoms with Crippen molar-refractivity contribution in [3.05, 3.63) is 35.4 Å². The van der Waals surface area contributed by atoms with Crippen LogP contribution in [0.4, 0.5) is 0 Å². The molecule has 1 N–H and O–H groups in total. The first-order chi connectivity index (χ1) is 7.95. The van der Waals surface area contributed by atoms with E-state index in [1.165, 1.54) is 30.4 Å². The number of hydrogen-bond acceptors (Lipinski definition) is 2. The molecule has 0 aromatic heterocycles. The Morgan fingerprint density at radius 3 is 3.00 bits per heavy atom. The SMILES string of the molecule is c1ccc2c(c1)CCCO[C@@H]2[C@H]1CCCN1. The van der Waals surface area contributed by atoms with Crippen LogP contribution < -0.4 is 5.32 Å². The summed E-state index contributed by atoms with van der Waals surface area (Å²) in [5.41, 5.74) is 2.90. The van der Waals surface area contributed by atoms with Crippen LogP contribution in [0.15, 0.2) is 24.3 Å². The highest BCUT2D eigenvalue weighted by Gasteiger charge is 2.29. The quantitative estimate of drug-likeness (QED) is 0.780. The highest BCUT2D eigenvalue weighted by atomic mass is 16.5. The Kier molecular flexibility index (Phi) is 2.94. The van der Waals surface area contributed by atoms with Crippen molar-refractivity contribution in [2.45, 2.75) is 37.8 Å². The summed E-state index contributed by atoms with van der Waals surface area (Å²) >= 11 is 0. The molecule has 2 heteroatoms. The zero-order valence-electron chi connectivity index (χ0n) is 9.61. The average Bonchev–Trinajstić information content (AvgIpc) is 2.76. The number of nitrogens with one attached hydrogen (secondary N) is 1. The first kappa shape index (κ1) is 10.3. The zero-order valence-corrected chi connectivity index (χ0v) is 9.61. The minimum atomic E-state index is 0.279. The maximum absolute atomic E-state index is 6.05. The number of fused-ring (bicyclic) bond motifs is 1. The number of hydrogen-bond donors (Lipinski definition) is 1. The third-order valence-electron chi connectivity index (χ3n) is 3.71. The molecule has 0 unspecified atom stereocenters. The topological polar surface area (TPSA) is 21.3 Å². The van der Waals surface area contributed by atoms with E-state index in [4.69, 9.17) is 4.74 Å². The molecule has 2 nitrogen and oxygen atoms in total. The van der Waals surface area contributed by atoms with Crippen LogP contribution in [-0.2, 0) is 11.2 Å². The fourth-order valence-corrected chi connectivity index (χ4v) is 2.90. The number of ether oxygens (including phenoxy) is 1. The molecule has 0 bridgehead atoms. The van der Waals surface area contributed by atoms with Gasteiger partial charge in [0.05, 0.1) is 6.10 Å². The van der Waals surface area contributed by atoms with Gasteiger partial charge in [-0.3, -0.25) is 0 Å². The van der Waals surface area contributed by atoms with Gasteiger partial charge in [0, 0.05) is 12.6 Å². The van der Waals surface area contributed by atoms with Crippen LogP contribution >= 0.6 is 0 Å². The van der Waals surface area contributed by atoms with Crippen LogP contribution in [0.25, 0.3) is 0 Å². The Bertz CT molecular complexity index is 358. The summed E-state index contributed by atoms with van der Waals surface area (Å²) in [5.74, 6) is 0. The van der Waals surface area contributed by atoms with Crippen LogP contribution in [0.3, 0.4) is 0 Å². The minimum absolute atomic E-state index is 0.279. The summed E-state index contributed by atoms with van der Waals surface area (Å²) in [6, 6.07) is 9.30. The third kappa shape index (κ3) is 1.87. The smallest absolute Gasteiger partial charge is 0.0980 e. The van der Waals surface area contributed by atoms with Gasteiger partial charge in [0.25, 0.3) is 0 Å². The van der Waals surface area contributed by atoms with E-state index in [2.05, 4.69) is 29.6 Å². The van der Waals surface area contributed by atoms with Gasteiger partial charge in [0.15, 0.2) is 0 Å². The van der Waals surface area contributed by atoms with E-state index in [0.29, 0.717) is 6.04 Å². The molecule has 0 saturated carbocycles. The summed E-state index contributed by atoms with van der Waals surface area (Å²) in [5, 5.41) is 3.57. The molecule has 2 atom stereocenters. The lowest BCUT2D eigenvalue weighted by atomic mass is 9.95. The second kappa shape index (κ2) is 4.56. The Hall–Kier alpha value is -0.860. The van der Waals surface area contributed by atoms with Crippen molar-refractivity contribution >= 4 is 0 Å². The highest BCUT2D eigenvalue weighted by molar-refractivity contribution is 5.31. The minimum Gasteiger partial charge on any atom is -0.372 e. The van der Waals surface area contributed by atoms with Gasteiger partial charge in [0.2, 0.25) is 0 Å². The molecule has 16 heavy (non-hydrogen) atoms. The Balaban J connectivity index is 1.92. The van der Waals surface area contributed by atoms with Gasteiger partial charge in [0.1, 0.15) is 0 Å². The predicted molar refractivity (Wildman–Crippen MR) is 64.5 cm³/mol. The molecular formula is C14H19NO. The van der Waals surface area contributed by atoms with E-state index in [0.717, 1.165) is 19.6 Å². The molecular weight excluding hydrogens is 198 g/mol. The first-order valence-corrected chi connectivity index (χ1v) is 6.38. The molecule has 0 amide bonds. The van der Waals surface area contributed by atoms with Crippen molar-refractivity contribution in [2.24, 2.45) is 0 Å². The second-order valence-electron chi connectivity index (χ2n) is 4.80. The van der Waals surface area contributed by atoms with Gasteiger partial charge in [-0.1, -0.05) is 24.3 Å². The Morgan fingerprint density at radius 1 is 1.19 bits per heavy atom. The molecule has 0 radical (unpaired) electrons. The number of aryl methyl sites for hydroxylation is 1. The van der Waals surface area contributed by atoms with Gasteiger partial charge < -0.3 is 10.1 Å². The number of benzene rings is 1. The first-order valence-electron chi connectivity index (χ1n) is 6.38. The molecule has 3 rings (SSSR count). The monoisotopic (exact) mass is 217 g/mol. The maximum atomic E-state index is 6.05. The predicted octanol–water partition coefficient (Wildman–Crippen LogP) is 2.44. The highest BCUT2D eigenvalue weighted by Crippen LogP contribution is 2.31. The van der Waals surface area contributed by atoms with Crippen LogP contribution in [-0.4, -0.2) is 19.2 Å². The van der Waals surface area contributed by atoms with E-state index in [-0.39, 0.29) is 6.10 Å². The van der Waals surface area contributed by atoms with Crippen LogP contribution in [0, 0.1) is 0 Å². The van der Waals surface area contributed by atoms with Crippen molar-refractivity contribution in [3.8, 4) is 0 Å². The van der Waals surface area contributed by atoms with Crippen molar-refractivity contribution in [1.29, 1.82) is 0 Å². The van der Waals surface area contributed by atoms with Gasteiger partial charge in [-0.15, -0.1) is 0 Å². The summed E-state index contributed by atoms with van der Waals surface area (Å²) in [7, 11) is 0. The zero-order chi connectivity index (χ0) is 10.8. The molecule has 2 aliphatic rings. The Morgan fingerprint density at radius 2 is 2.12 bits per heavy atom. The molecule has 2 heterocycles. The van der Waals surface area contributed by atoms with Crippen molar-refractivity contribution in [1.82, 2.24) is 5.32 Å². The lowest BCUT2D eigenvalue weighted by Gasteiger charge is -2.24. The molecule has 1 saturated heterocycles. The lowest BCUT2D eigenvalue weighted by Crippen LogP contribution is -2.30. The van der Waals surface area contributed by atoms with Crippen molar-refractivity contribution < 1.29 is 4.74 Å². The van der Waals surface area contributed by atoms with Crippen molar-refractivity contribution in [2.75, 3.05) is 13.2 Å². The molecule has 86 valence electrons.